The van der Waals surface area contributed by atoms with Gasteiger partial charge in [0.2, 0.25) is 0 Å². The predicted molar refractivity (Wildman–Crippen MR) is 47.2 cm³/mol. The van der Waals surface area contributed by atoms with Crippen LogP contribution in [-0.2, 0) is 0 Å². The summed E-state index contributed by atoms with van der Waals surface area (Å²) in [6.45, 7) is 4.00. The van der Waals surface area contributed by atoms with Gasteiger partial charge in [0.05, 0.1) is 0 Å². The standard InChI is InChI=1S/C7H7F2N.C2H6/c8-7(9)5-1-3-6(10)4-2-5;1-2/h1-4,7H,10H2;1-2H3. The second-order valence-corrected chi connectivity index (χ2v) is 1.97. The molecule has 0 aliphatic rings. The minimum atomic E-state index is -2.40. The fraction of sp³-hybridized carbons (Fsp3) is 0.333. The van der Waals surface area contributed by atoms with E-state index in [9.17, 15) is 8.78 Å². The van der Waals surface area contributed by atoms with E-state index in [0.717, 1.165) is 0 Å². The number of nitrogen functional groups attached to an aromatic ring is 1. The van der Waals surface area contributed by atoms with Crippen LogP contribution in [0.1, 0.15) is 25.8 Å². The third-order valence-corrected chi connectivity index (χ3v) is 1.19. The smallest absolute Gasteiger partial charge is 0.263 e. The van der Waals surface area contributed by atoms with Crippen molar-refractivity contribution in [1.82, 2.24) is 0 Å². The summed E-state index contributed by atoms with van der Waals surface area (Å²) in [5.41, 5.74) is 5.79. The Morgan fingerprint density at radius 1 is 1.08 bits per heavy atom. The highest BCUT2D eigenvalue weighted by atomic mass is 19.3. The molecule has 3 heteroatoms. The molecule has 0 bridgehead atoms. The zero-order valence-electron chi connectivity index (χ0n) is 7.22. The van der Waals surface area contributed by atoms with Crippen LogP contribution in [0.5, 0.6) is 0 Å². The van der Waals surface area contributed by atoms with Crippen molar-refractivity contribution < 1.29 is 8.78 Å². The molecule has 0 heterocycles. The maximum absolute atomic E-state index is 11.9. The Kier molecular flexibility index (Phi) is 5.00. The molecule has 12 heavy (non-hydrogen) atoms. The van der Waals surface area contributed by atoms with Gasteiger partial charge in [-0.25, -0.2) is 8.78 Å². The van der Waals surface area contributed by atoms with Crippen molar-refractivity contribution >= 4 is 5.69 Å². The molecule has 0 saturated heterocycles. The van der Waals surface area contributed by atoms with E-state index in [1.54, 1.807) is 0 Å². The molecule has 1 nitrogen and oxygen atoms in total. The summed E-state index contributed by atoms with van der Waals surface area (Å²) in [6.07, 6.45) is -2.40. The van der Waals surface area contributed by atoms with Gasteiger partial charge in [0.25, 0.3) is 6.43 Å². The lowest BCUT2D eigenvalue weighted by atomic mass is 10.2. The van der Waals surface area contributed by atoms with Gasteiger partial charge >= 0.3 is 0 Å². The molecule has 0 spiro atoms. The van der Waals surface area contributed by atoms with E-state index in [4.69, 9.17) is 5.73 Å². The number of halogens is 2. The fourth-order valence-corrected chi connectivity index (χ4v) is 0.641. The molecule has 68 valence electrons. The second-order valence-electron chi connectivity index (χ2n) is 1.97. The van der Waals surface area contributed by atoms with Crippen molar-refractivity contribution in [3.63, 3.8) is 0 Å². The third-order valence-electron chi connectivity index (χ3n) is 1.19. The van der Waals surface area contributed by atoms with E-state index in [2.05, 4.69) is 0 Å². The highest BCUT2D eigenvalue weighted by Gasteiger charge is 2.04. The van der Waals surface area contributed by atoms with Gasteiger partial charge < -0.3 is 5.73 Å². The molecule has 0 aliphatic heterocycles. The summed E-state index contributed by atoms with van der Waals surface area (Å²) in [5, 5.41) is 0. The van der Waals surface area contributed by atoms with Crippen LogP contribution in [-0.4, -0.2) is 0 Å². The van der Waals surface area contributed by atoms with E-state index in [1.807, 2.05) is 13.8 Å². The van der Waals surface area contributed by atoms with Crippen LogP contribution in [0.25, 0.3) is 0 Å². The van der Waals surface area contributed by atoms with Crippen molar-refractivity contribution in [1.29, 1.82) is 0 Å². The molecule has 0 aliphatic carbocycles. The molecule has 0 atom stereocenters. The van der Waals surface area contributed by atoms with E-state index in [1.165, 1.54) is 24.3 Å². The van der Waals surface area contributed by atoms with E-state index in [0.29, 0.717) is 5.69 Å². The van der Waals surface area contributed by atoms with Crippen LogP contribution in [0.3, 0.4) is 0 Å². The summed E-state index contributed by atoms with van der Waals surface area (Å²) in [4.78, 5) is 0. The fourth-order valence-electron chi connectivity index (χ4n) is 0.641. The van der Waals surface area contributed by atoms with Crippen LogP contribution >= 0.6 is 0 Å². The van der Waals surface area contributed by atoms with Crippen LogP contribution in [0.4, 0.5) is 14.5 Å². The van der Waals surface area contributed by atoms with Crippen molar-refractivity contribution in [3.05, 3.63) is 29.8 Å². The number of anilines is 1. The van der Waals surface area contributed by atoms with Crippen LogP contribution in [0.2, 0.25) is 0 Å². The maximum atomic E-state index is 11.9. The number of alkyl halides is 2. The Hall–Kier alpha value is -1.12. The SMILES string of the molecule is CC.Nc1ccc(C(F)F)cc1. The first-order valence-corrected chi connectivity index (χ1v) is 3.84. The Morgan fingerprint density at radius 2 is 1.50 bits per heavy atom. The van der Waals surface area contributed by atoms with Crippen LogP contribution in [0, 0.1) is 0 Å². The monoisotopic (exact) mass is 173 g/mol. The van der Waals surface area contributed by atoms with Gasteiger partial charge in [0.15, 0.2) is 0 Å². The van der Waals surface area contributed by atoms with E-state index >= 15 is 0 Å². The zero-order valence-corrected chi connectivity index (χ0v) is 7.22. The number of hydrogen-bond donors (Lipinski definition) is 1. The lowest BCUT2D eigenvalue weighted by molar-refractivity contribution is 0.151. The molecular weight excluding hydrogens is 160 g/mol. The van der Waals surface area contributed by atoms with Crippen LogP contribution in [0.15, 0.2) is 24.3 Å². The van der Waals surface area contributed by atoms with Gasteiger partial charge in [0.1, 0.15) is 0 Å². The normalized spacial score (nSPS) is 9.08. The number of rotatable bonds is 1. The molecule has 0 fully saturated rings. The number of nitrogens with two attached hydrogens (primary N) is 1. The zero-order chi connectivity index (χ0) is 9.56. The van der Waals surface area contributed by atoms with Crippen LogP contribution < -0.4 is 5.73 Å². The highest BCUT2D eigenvalue weighted by molar-refractivity contribution is 5.39. The average Bonchev–Trinajstić information content (AvgIpc) is 2.09. The minimum Gasteiger partial charge on any atom is -0.399 e. The lowest BCUT2D eigenvalue weighted by Gasteiger charge is -1.97. The van der Waals surface area contributed by atoms with Crippen molar-refractivity contribution in [2.75, 3.05) is 5.73 Å². The third kappa shape index (κ3) is 3.32. The first-order chi connectivity index (χ1) is 5.70. The van der Waals surface area contributed by atoms with Gasteiger partial charge in [-0.2, -0.15) is 0 Å². The summed E-state index contributed by atoms with van der Waals surface area (Å²) in [5.74, 6) is 0. The molecule has 1 aromatic carbocycles. The summed E-state index contributed by atoms with van der Waals surface area (Å²) in [7, 11) is 0. The van der Waals surface area contributed by atoms with Gasteiger partial charge in [-0.05, 0) is 12.1 Å². The van der Waals surface area contributed by atoms with Gasteiger partial charge in [-0.15, -0.1) is 0 Å². The number of benzene rings is 1. The topological polar surface area (TPSA) is 26.0 Å². The molecule has 0 saturated carbocycles. The number of hydrogen-bond acceptors (Lipinski definition) is 1. The first-order valence-electron chi connectivity index (χ1n) is 3.84. The molecule has 0 unspecified atom stereocenters. The average molecular weight is 173 g/mol. The Bertz CT molecular complexity index is 206. The largest absolute Gasteiger partial charge is 0.399 e. The van der Waals surface area contributed by atoms with Gasteiger partial charge in [0, 0.05) is 11.3 Å². The van der Waals surface area contributed by atoms with Gasteiger partial charge in [-0.1, -0.05) is 26.0 Å². The summed E-state index contributed by atoms with van der Waals surface area (Å²) in [6, 6.07) is 5.56. The highest BCUT2D eigenvalue weighted by Crippen LogP contribution is 2.18. The quantitative estimate of drug-likeness (QED) is 0.648. The Morgan fingerprint density at radius 3 is 1.83 bits per heavy atom. The first kappa shape index (κ1) is 10.9. The molecule has 0 radical (unpaired) electrons. The Balaban J connectivity index is 0.000000561. The molecule has 0 amide bonds. The van der Waals surface area contributed by atoms with Crippen molar-refractivity contribution in [2.45, 2.75) is 20.3 Å². The predicted octanol–water partition coefficient (Wildman–Crippen LogP) is 3.23. The lowest BCUT2D eigenvalue weighted by Crippen LogP contribution is -1.86. The van der Waals surface area contributed by atoms with E-state index < -0.39 is 6.43 Å². The summed E-state index contributed by atoms with van der Waals surface area (Å²) >= 11 is 0. The molecule has 1 aromatic rings. The Labute approximate surface area is 71.2 Å². The molecular formula is C9H13F2N. The molecule has 0 aromatic heterocycles. The summed E-state index contributed by atoms with van der Waals surface area (Å²) < 4.78 is 23.7. The minimum absolute atomic E-state index is 0.00852. The van der Waals surface area contributed by atoms with E-state index in [-0.39, 0.29) is 5.56 Å². The maximum Gasteiger partial charge on any atom is 0.263 e. The molecule has 2 N–H and O–H groups in total. The van der Waals surface area contributed by atoms with Gasteiger partial charge in [-0.3, -0.25) is 0 Å². The van der Waals surface area contributed by atoms with Crippen molar-refractivity contribution in [3.8, 4) is 0 Å². The van der Waals surface area contributed by atoms with Crippen molar-refractivity contribution in [2.24, 2.45) is 0 Å². The second kappa shape index (κ2) is 5.52. The molecule has 1 rings (SSSR count).